The smallest absolute Gasteiger partial charge is 0.196 e. The molecule has 0 spiro atoms. The third-order valence-corrected chi connectivity index (χ3v) is 5.67. The summed E-state index contributed by atoms with van der Waals surface area (Å²) < 4.78 is 12.1. The molecule has 0 radical (unpaired) electrons. The minimum absolute atomic E-state index is 0.0663. The maximum atomic E-state index is 13.4. The highest BCUT2D eigenvalue weighted by atomic mass is 32.1. The standard InChI is InChI=1S/C25H21NO3S/c1-3-29-22-16-17(13-14-21(22)28-2)15-19(24(27)18-9-5-4-6-10-18)25-26-20-11-7-8-12-23(20)30-25/h4-16H,3H2,1-2H3. The van der Waals surface area contributed by atoms with Crippen LogP contribution >= 0.6 is 11.3 Å². The molecule has 0 aliphatic rings. The third-order valence-electron chi connectivity index (χ3n) is 4.60. The molecule has 0 aliphatic heterocycles. The second-order valence-corrected chi connectivity index (χ2v) is 7.61. The van der Waals surface area contributed by atoms with Gasteiger partial charge in [-0.1, -0.05) is 48.5 Å². The van der Waals surface area contributed by atoms with Gasteiger partial charge in [-0.25, -0.2) is 4.98 Å². The van der Waals surface area contributed by atoms with Crippen molar-refractivity contribution in [3.8, 4) is 11.5 Å². The molecule has 0 bridgehead atoms. The molecule has 0 atom stereocenters. The number of nitrogens with zero attached hydrogens (tertiary/aromatic N) is 1. The normalized spacial score (nSPS) is 11.5. The number of rotatable bonds is 7. The van der Waals surface area contributed by atoms with Gasteiger partial charge in [-0.15, -0.1) is 11.3 Å². The molecule has 0 unspecified atom stereocenters. The Morgan fingerprint density at radius 2 is 1.77 bits per heavy atom. The number of Topliss-reactive ketones (excluding diaryl/α,β-unsaturated/α-hetero) is 1. The van der Waals surface area contributed by atoms with Crippen molar-refractivity contribution in [1.29, 1.82) is 0 Å². The number of hydrogen-bond donors (Lipinski definition) is 0. The lowest BCUT2D eigenvalue weighted by Gasteiger charge is -2.10. The van der Waals surface area contributed by atoms with Gasteiger partial charge in [-0.3, -0.25) is 4.79 Å². The summed E-state index contributed by atoms with van der Waals surface area (Å²) in [6, 6.07) is 22.8. The number of methoxy groups -OCH3 is 1. The van der Waals surface area contributed by atoms with E-state index in [1.165, 1.54) is 11.3 Å². The fourth-order valence-electron chi connectivity index (χ4n) is 3.17. The topological polar surface area (TPSA) is 48.4 Å². The molecule has 3 aromatic carbocycles. The van der Waals surface area contributed by atoms with E-state index in [0.717, 1.165) is 15.8 Å². The van der Waals surface area contributed by atoms with Crippen LogP contribution in [0.1, 0.15) is 27.9 Å². The second-order valence-electron chi connectivity index (χ2n) is 6.58. The molecule has 0 saturated heterocycles. The predicted octanol–water partition coefficient (Wildman–Crippen LogP) is 6.13. The number of fused-ring (bicyclic) bond motifs is 1. The van der Waals surface area contributed by atoms with Crippen LogP contribution in [-0.2, 0) is 0 Å². The summed E-state index contributed by atoms with van der Waals surface area (Å²) >= 11 is 1.51. The van der Waals surface area contributed by atoms with Gasteiger partial charge in [0.05, 0.1) is 29.5 Å². The van der Waals surface area contributed by atoms with E-state index in [4.69, 9.17) is 14.5 Å². The lowest BCUT2D eigenvalue weighted by Crippen LogP contribution is -2.02. The number of thiazole rings is 1. The average molecular weight is 416 g/mol. The van der Waals surface area contributed by atoms with Crippen LogP contribution in [0.25, 0.3) is 21.9 Å². The summed E-state index contributed by atoms with van der Waals surface area (Å²) in [5.41, 5.74) is 2.91. The van der Waals surface area contributed by atoms with Gasteiger partial charge in [0, 0.05) is 5.56 Å². The molecular formula is C25H21NO3S. The first-order chi connectivity index (χ1) is 14.7. The van der Waals surface area contributed by atoms with E-state index in [1.807, 2.05) is 85.8 Å². The molecule has 0 saturated carbocycles. The van der Waals surface area contributed by atoms with E-state index in [-0.39, 0.29) is 5.78 Å². The summed E-state index contributed by atoms with van der Waals surface area (Å²) in [5.74, 6) is 1.23. The Labute approximate surface area is 179 Å². The van der Waals surface area contributed by atoms with Crippen molar-refractivity contribution in [2.45, 2.75) is 6.92 Å². The van der Waals surface area contributed by atoms with Crippen molar-refractivity contribution < 1.29 is 14.3 Å². The van der Waals surface area contributed by atoms with Gasteiger partial charge in [0.15, 0.2) is 17.3 Å². The summed E-state index contributed by atoms with van der Waals surface area (Å²) in [6.45, 7) is 2.45. The SMILES string of the molecule is CCOc1cc(C=C(C(=O)c2ccccc2)c2nc3ccccc3s2)ccc1OC. The Hall–Kier alpha value is -3.44. The molecule has 1 heterocycles. The summed E-state index contributed by atoms with van der Waals surface area (Å²) in [5, 5.41) is 0.693. The fraction of sp³-hybridized carbons (Fsp3) is 0.120. The molecule has 5 heteroatoms. The van der Waals surface area contributed by atoms with E-state index in [2.05, 4.69) is 0 Å². The van der Waals surface area contributed by atoms with Crippen LogP contribution in [0.15, 0.2) is 72.8 Å². The summed E-state index contributed by atoms with van der Waals surface area (Å²) in [4.78, 5) is 18.1. The van der Waals surface area contributed by atoms with Crippen molar-refractivity contribution in [2.75, 3.05) is 13.7 Å². The first kappa shape index (κ1) is 19.9. The third kappa shape index (κ3) is 4.11. The highest BCUT2D eigenvalue weighted by Gasteiger charge is 2.19. The number of aromatic nitrogens is 1. The van der Waals surface area contributed by atoms with Gasteiger partial charge in [-0.05, 0) is 42.8 Å². The maximum absolute atomic E-state index is 13.4. The zero-order chi connectivity index (χ0) is 20.9. The molecular weight excluding hydrogens is 394 g/mol. The number of allylic oxidation sites excluding steroid dienone is 1. The van der Waals surface area contributed by atoms with Crippen molar-refractivity contribution in [1.82, 2.24) is 4.98 Å². The number of ether oxygens (including phenoxy) is 2. The maximum Gasteiger partial charge on any atom is 0.196 e. The summed E-state index contributed by atoms with van der Waals surface area (Å²) in [6.07, 6.45) is 1.87. The molecule has 4 nitrogen and oxygen atoms in total. The van der Waals surface area contributed by atoms with Crippen molar-refractivity contribution in [3.63, 3.8) is 0 Å². The van der Waals surface area contributed by atoms with E-state index in [0.29, 0.717) is 34.3 Å². The first-order valence-corrected chi connectivity index (χ1v) is 10.5. The van der Waals surface area contributed by atoms with Crippen LogP contribution in [0.4, 0.5) is 0 Å². The fourth-order valence-corrected chi connectivity index (χ4v) is 4.15. The minimum atomic E-state index is -0.0663. The molecule has 0 N–H and O–H groups in total. The quantitative estimate of drug-likeness (QED) is 0.269. The monoisotopic (exact) mass is 415 g/mol. The molecule has 4 rings (SSSR count). The predicted molar refractivity (Wildman–Crippen MR) is 122 cm³/mol. The molecule has 0 fully saturated rings. The number of benzene rings is 3. The van der Waals surface area contributed by atoms with Crippen molar-refractivity contribution >= 4 is 39.0 Å². The lowest BCUT2D eigenvalue weighted by molar-refractivity contribution is 0.105. The van der Waals surface area contributed by atoms with E-state index in [1.54, 1.807) is 7.11 Å². The Morgan fingerprint density at radius 1 is 1.00 bits per heavy atom. The second kappa shape index (κ2) is 8.93. The summed E-state index contributed by atoms with van der Waals surface area (Å²) in [7, 11) is 1.61. The van der Waals surface area contributed by atoms with Crippen LogP contribution < -0.4 is 9.47 Å². The highest BCUT2D eigenvalue weighted by molar-refractivity contribution is 7.20. The van der Waals surface area contributed by atoms with Gasteiger partial charge < -0.3 is 9.47 Å². The van der Waals surface area contributed by atoms with Crippen molar-refractivity contribution in [3.05, 3.63) is 88.9 Å². The Kier molecular flexibility index (Phi) is 5.91. The molecule has 4 aromatic rings. The number of carbonyl (C=O) groups excluding carboxylic acids is 1. The number of ketones is 1. The van der Waals surface area contributed by atoms with Crippen LogP contribution in [-0.4, -0.2) is 24.5 Å². The van der Waals surface area contributed by atoms with E-state index >= 15 is 0 Å². The Balaban J connectivity index is 1.84. The Morgan fingerprint density at radius 3 is 2.50 bits per heavy atom. The van der Waals surface area contributed by atoms with Crippen LogP contribution in [0.3, 0.4) is 0 Å². The Bertz CT molecular complexity index is 1180. The van der Waals surface area contributed by atoms with Crippen molar-refractivity contribution in [2.24, 2.45) is 0 Å². The largest absolute Gasteiger partial charge is 0.493 e. The van der Waals surface area contributed by atoms with E-state index in [9.17, 15) is 4.79 Å². The zero-order valence-electron chi connectivity index (χ0n) is 16.8. The highest BCUT2D eigenvalue weighted by Crippen LogP contribution is 2.33. The van der Waals surface area contributed by atoms with Gasteiger partial charge in [-0.2, -0.15) is 0 Å². The molecule has 0 amide bonds. The average Bonchev–Trinajstić information content (AvgIpc) is 3.22. The van der Waals surface area contributed by atoms with Crippen LogP contribution in [0.5, 0.6) is 11.5 Å². The van der Waals surface area contributed by atoms with Gasteiger partial charge >= 0.3 is 0 Å². The lowest BCUT2D eigenvalue weighted by atomic mass is 10.0. The van der Waals surface area contributed by atoms with Gasteiger partial charge in [0.1, 0.15) is 5.01 Å². The van der Waals surface area contributed by atoms with Gasteiger partial charge in [0.25, 0.3) is 0 Å². The number of hydrogen-bond acceptors (Lipinski definition) is 5. The molecule has 1 aromatic heterocycles. The molecule has 30 heavy (non-hydrogen) atoms. The van der Waals surface area contributed by atoms with Crippen LogP contribution in [0.2, 0.25) is 0 Å². The van der Waals surface area contributed by atoms with Gasteiger partial charge in [0.2, 0.25) is 0 Å². The minimum Gasteiger partial charge on any atom is -0.493 e. The molecule has 150 valence electrons. The molecule has 0 aliphatic carbocycles. The zero-order valence-corrected chi connectivity index (χ0v) is 17.6. The van der Waals surface area contributed by atoms with E-state index < -0.39 is 0 Å². The number of para-hydroxylation sites is 1. The first-order valence-electron chi connectivity index (χ1n) is 9.68. The number of carbonyl (C=O) groups is 1. The van der Waals surface area contributed by atoms with Crippen LogP contribution in [0, 0.1) is 0 Å².